The first-order valence-electron chi connectivity index (χ1n) is 9.94. The van der Waals surface area contributed by atoms with E-state index in [0.29, 0.717) is 38.9 Å². The third-order valence-electron chi connectivity index (χ3n) is 5.38. The molecule has 2 aliphatic heterocycles. The second kappa shape index (κ2) is 8.24. The topological polar surface area (TPSA) is 85.8 Å². The Bertz CT molecular complexity index is 830. The summed E-state index contributed by atoms with van der Waals surface area (Å²) in [6, 6.07) is 5.87. The molecule has 29 heavy (non-hydrogen) atoms. The molecule has 1 aromatic carbocycles. The molecule has 2 aliphatic rings. The van der Waals surface area contributed by atoms with E-state index < -0.39 is 0 Å². The molecule has 1 amide bonds. The van der Waals surface area contributed by atoms with Crippen LogP contribution >= 0.6 is 0 Å². The first kappa shape index (κ1) is 19.4. The van der Waals surface area contributed by atoms with Crippen molar-refractivity contribution in [1.29, 1.82) is 0 Å². The molecule has 0 bridgehead atoms. The van der Waals surface area contributed by atoms with Gasteiger partial charge in [-0.25, -0.2) is 9.97 Å². The summed E-state index contributed by atoms with van der Waals surface area (Å²) in [6.07, 6.45) is 5.37. The Kier molecular flexibility index (Phi) is 5.53. The number of anilines is 1. The Morgan fingerprint density at radius 1 is 1.17 bits per heavy atom. The predicted molar refractivity (Wildman–Crippen MR) is 107 cm³/mol. The maximum Gasteiger partial charge on any atom is 0.222 e. The van der Waals surface area contributed by atoms with Crippen LogP contribution in [-0.2, 0) is 16.1 Å². The van der Waals surface area contributed by atoms with Gasteiger partial charge in [0.05, 0.1) is 38.0 Å². The summed E-state index contributed by atoms with van der Waals surface area (Å²) in [4.78, 5) is 22.1. The van der Waals surface area contributed by atoms with Gasteiger partial charge >= 0.3 is 0 Å². The number of aromatic nitrogens is 2. The molecule has 2 fully saturated rings. The van der Waals surface area contributed by atoms with Crippen LogP contribution in [0.3, 0.4) is 0 Å². The number of carbonyl (C=O) groups excluding carboxylic acids is 1. The van der Waals surface area contributed by atoms with E-state index in [1.807, 2.05) is 36.9 Å². The molecular formula is C21H26N4O4. The minimum absolute atomic E-state index is 0.0297. The predicted octanol–water partition coefficient (Wildman–Crippen LogP) is 2.56. The van der Waals surface area contributed by atoms with Gasteiger partial charge in [0.1, 0.15) is 11.5 Å². The molecule has 3 heterocycles. The van der Waals surface area contributed by atoms with Gasteiger partial charge in [0.15, 0.2) is 0 Å². The number of hydrogen-bond donors (Lipinski definition) is 1. The number of carbonyl (C=O) groups is 1. The van der Waals surface area contributed by atoms with Gasteiger partial charge in [-0.2, -0.15) is 0 Å². The van der Waals surface area contributed by atoms with Crippen molar-refractivity contribution in [1.82, 2.24) is 14.9 Å². The van der Waals surface area contributed by atoms with Crippen molar-refractivity contribution >= 4 is 12.4 Å². The quantitative estimate of drug-likeness (QED) is 0.650. The van der Waals surface area contributed by atoms with E-state index in [2.05, 4.69) is 15.3 Å². The third kappa shape index (κ3) is 3.85. The zero-order valence-corrected chi connectivity index (χ0v) is 16.8. The molecule has 1 atom stereocenters. The fourth-order valence-corrected chi connectivity index (χ4v) is 3.87. The Labute approximate surface area is 170 Å². The van der Waals surface area contributed by atoms with Crippen molar-refractivity contribution in [3.8, 4) is 11.5 Å². The summed E-state index contributed by atoms with van der Waals surface area (Å²) < 4.78 is 16.5. The minimum atomic E-state index is -0.104. The van der Waals surface area contributed by atoms with Gasteiger partial charge < -0.3 is 24.4 Å². The molecule has 0 aliphatic carbocycles. The number of benzene rings is 1. The Hall–Kier alpha value is -2.87. The standard InChI is InChI=1S/C21H26N4O4/c1-3-28-17-5-15(6-18(7-17)29-4-2)9-22-20-23-10-16(11-24-20)19-8-21(12-27-13-21)25(19)14-26/h5-7,10-11,14,19H,3-4,8-9,12-13H2,1-2H3,(H,22,23,24). The number of amides is 1. The summed E-state index contributed by atoms with van der Waals surface area (Å²) in [7, 11) is 0. The second-order valence-electron chi connectivity index (χ2n) is 7.32. The number of nitrogens with one attached hydrogen (secondary N) is 1. The van der Waals surface area contributed by atoms with Crippen molar-refractivity contribution in [3.63, 3.8) is 0 Å². The van der Waals surface area contributed by atoms with E-state index in [0.717, 1.165) is 35.5 Å². The van der Waals surface area contributed by atoms with Crippen LogP contribution in [0.4, 0.5) is 5.95 Å². The lowest BCUT2D eigenvalue weighted by atomic mass is 9.75. The average Bonchev–Trinajstić information content (AvgIpc) is 2.66. The maximum atomic E-state index is 11.5. The SMILES string of the molecule is CCOc1cc(CNc2ncc(C3CC4(COC4)N3C=O)cn2)cc(OCC)c1. The Balaban J connectivity index is 1.39. The molecule has 0 saturated carbocycles. The molecule has 4 rings (SSSR count). The van der Waals surface area contributed by atoms with Crippen LogP contribution in [0.15, 0.2) is 30.6 Å². The van der Waals surface area contributed by atoms with E-state index >= 15 is 0 Å². The van der Waals surface area contributed by atoms with Gasteiger partial charge in [-0.1, -0.05) is 0 Å². The van der Waals surface area contributed by atoms with Crippen LogP contribution in [0.2, 0.25) is 0 Å². The molecule has 0 radical (unpaired) electrons. The van der Waals surface area contributed by atoms with Crippen LogP contribution in [0.5, 0.6) is 11.5 Å². The van der Waals surface area contributed by atoms with Crippen LogP contribution in [-0.4, -0.2) is 53.2 Å². The number of ether oxygens (including phenoxy) is 3. The van der Waals surface area contributed by atoms with E-state index in [9.17, 15) is 4.79 Å². The molecule has 8 heteroatoms. The minimum Gasteiger partial charge on any atom is -0.494 e. The summed E-state index contributed by atoms with van der Waals surface area (Å²) in [5.74, 6) is 2.09. The van der Waals surface area contributed by atoms with E-state index in [1.165, 1.54) is 0 Å². The molecule has 1 spiro atoms. The van der Waals surface area contributed by atoms with E-state index in [1.54, 1.807) is 12.4 Å². The fourth-order valence-electron chi connectivity index (χ4n) is 3.87. The van der Waals surface area contributed by atoms with Crippen LogP contribution < -0.4 is 14.8 Å². The molecule has 1 unspecified atom stereocenters. The lowest BCUT2D eigenvalue weighted by Gasteiger charge is -2.60. The Morgan fingerprint density at radius 2 is 1.83 bits per heavy atom. The van der Waals surface area contributed by atoms with Gasteiger partial charge in [0.25, 0.3) is 0 Å². The van der Waals surface area contributed by atoms with Crippen LogP contribution in [0, 0.1) is 0 Å². The molecule has 1 aromatic heterocycles. The molecule has 1 N–H and O–H groups in total. The monoisotopic (exact) mass is 398 g/mol. The van der Waals surface area contributed by atoms with E-state index in [4.69, 9.17) is 14.2 Å². The zero-order chi connectivity index (χ0) is 20.3. The van der Waals surface area contributed by atoms with Gasteiger partial charge in [0, 0.05) is 30.6 Å². The van der Waals surface area contributed by atoms with Gasteiger partial charge in [-0.15, -0.1) is 0 Å². The van der Waals surface area contributed by atoms with Crippen molar-refractivity contribution in [3.05, 3.63) is 41.7 Å². The highest BCUT2D eigenvalue weighted by Gasteiger charge is 2.56. The number of hydrogen-bond acceptors (Lipinski definition) is 7. The largest absolute Gasteiger partial charge is 0.494 e. The Morgan fingerprint density at radius 3 is 2.34 bits per heavy atom. The summed E-state index contributed by atoms with van der Waals surface area (Å²) >= 11 is 0. The molecular weight excluding hydrogens is 372 g/mol. The maximum absolute atomic E-state index is 11.5. The lowest BCUT2D eigenvalue weighted by molar-refractivity contribution is -0.213. The first-order valence-corrected chi connectivity index (χ1v) is 9.94. The molecule has 8 nitrogen and oxygen atoms in total. The smallest absolute Gasteiger partial charge is 0.222 e. The average molecular weight is 398 g/mol. The lowest BCUT2D eigenvalue weighted by Crippen LogP contribution is -2.71. The third-order valence-corrected chi connectivity index (χ3v) is 5.38. The second-order valence-corrected chi connectivity index (χ2v) is 7.32. The number of rotatable bonds is 9. The first-order chi connectivity index (χ1) is 14.2. The van der Waals surface area contributed by atoms with Gasteiger partial charge in [-0.3, -0.25) is 4.79 Å². The van der Waals surface area contributed by atoms with Gasteiger partial charge in [0.2, 0.25) is 12.4 Å². The van der Waals surface area contributed by atoms with Crippen molar-refractivity contribution in [2.75, 3.05) is 31.7 Å². The van der Waals surface area contributed by atoms with Crippen LogP contribution in [0.1, 0.15) is 37.4 Å². The van der Waals surface area contributed by atoms with E-state index in [-0.39, 0.29) is 11.6 Å². The van der Waals surface area contributed by atoms with Gasteiger partial charge in [-0.05, 0) is 38.0 Å². The molecule has 154 valence electrons. The van der Waals surface area contributed by atoms with Crippen molar-refractivity contribution in [2.24, 2.45) is 0 Å². The van der Waals surface area contributed by atoms with Crippen LogP contribution in [0.25, 0.3) is 0 Å². The fraction of sp³-hybridized carbons (Fsp3) is 0.476. The van der Waals surface area contributed by atoms with Crippen molar-refractivity contribution < 1.29 is 19.0 Å². The highest BCUT2D eigenvalue weighted by Crippen LogP contribution is 2.48. The number of nitrogens with zero attached hydrogens (tertiary/aromatic N) is 3. The summed E-state index contributed by atoms with van der Waals surface area (Å²) in [5.41, 5.74) is 1.86. The summed E-state index contributed by atoms with van der Waals surface area (Å²) in [5, 5.41) is 3.23. The molecule has 2 aromatic rings. The highest BCUT2D eigenvalue weighted by atomic mass is 16.5. The highest BCUT2D eigenvalue weighted by molar-refractivity contribution is 5.54. The number of likely N-dealkylation sites (tertiary alicyclic amines) is 1. The van der Waals surface area contributed by atoms with Crippen molar-refractivity contribution in [2.45, 2.75) is 38.4 Å². The molecule has 2 saturated heterocycles. The normalized spacial score (nSPS) is 19.2. The summed E-state index contributed by atoms with van der Waals surface area (Å²) in [6.45, 7) is 6.88. The zero-order valence-electron chi connectivity index (χ0n) is 16.8.